The largest absolute Gasteiger partial charge is 0.463 e. The van der Waals surface area contributed by atoms with Gasteiger partial charge in [-0.3, -0.25) is 9.80 Å². The number of carbonyl (C=O) groups is 1. The van der Waals surface area contributed by atoms with Crippen LogP contribution in [0.5, 0.6) is 0 Å². The first-order chi connectivity index (χ1) is 10.1. The predicted octanol–water partition coefficient (Wildman–Crippen LogP) is 0.712. The Kier molecular flexibility index (Phi) is 5.78. The third-order valence-electron chi connectivity index (χ3n) is 3.77. The third-order valence-corrected chi connectivity index (χ3v) is 3.77. The van der Waals surface area contributed by atoms with Crippen molar-refractivity contribution in [2.24, 2.45) is 0 Å². The Balaban J connectivity index is 1.81. The van der Waals surface area contributed by atoms with E-state index in [1.54, 1.807) is 0 Å². The van der Waals surface area contributed by atoms with Crippen LogP contribution in [0.4, 0.5) is 0 Å². The first-order valence-electron chi connectivity index (χ1n) is 7.39. The Morgan fingerprint density at radius 3 is 2.86 bits per heavy atom. The van der Waals surface area contributed by atoms with Crippen molar-refractivity contribution in [2.75, 3.05) is 53.4 Å². The molecule has 0 aromatic carbocycles. The summed E-state index contributed by atoms with van der Waals surface area (Å²) >= 11 is 0. The highest BCUT2D eigenvalue weighted by Crippen LogP contribution is 2.16. The minimum absolute atomic E-state index is 0.308. The van der Waals surface area contributed by atoms with Gasteiger partial charge < -0.3 is 14.5 Å². The minimum atomic E-state index is -0.415. The van der Waals surface area contributed by atoms with Crippen LogP contribution in [0.3, 0.4) is 0 Å². The van der Waals surface area contributed by atoms with E-state index in [-0.39, 0.29) is 0 Å². The van der Waals surface area contributed by atoms with E-state index in [1.807, 2.05) is 13.0 Å². The van der Waals surface area contributed by atoms with Gasteiger partial charge in [-0.05, 0) is 20.0 Å². The van der Waals surface area contributed by atoms with Gasteiger partial charge in [-0.1, -0.05) is 0 Å². The number of nitrogens with one attached hydrogen (secondary N) is 1. The smallest absolute Gasteiger partial charge is 0.374 e. The number of ether oxygens (including phenoxy) is 1. The van der Waals surface area contributed by atoms with Crippen molar-refractivity contribution in [1.82, 2.24) is 15.1 Å². The van der Waals surface area contributed by atoms with Crippen LogP contribution in [0.1, 0.15) is 21.9 Å². The molecule has 21 heavy (non-hydrogen) atoms. The number of hydrogen-bond acceptors (Lipinski definition) is 6. The zero-order valence-corrected chi connectivity index (χ0v) is 13.1. The van der Waals surface area contributed by atoms with Gasteiger partial charge >= 0.3 is 5.97 Å². The Bertz CT molecular complexity index is 467. The molecule has 1 N–H and O–H groups in total. The van der Waals surface area contributed by atoms with E-state index in [4.69, 9.17) is 9.15 Å². The third kappa shape index (κ3) is 4.56. The maximum atomic E-state index is 11.5. The first kappa shape index (κ1) is 16.0. The number of nitrogens with zero attached hydrogens (tertiary/aromatic N) is 2. The summed E-state index contributed by atoms with van der Waals surface area (Å²) in [5.74, 6) is 0.695. The van der Waals surface area contributed by atoms with Gasteiger partial charge in [0.05, 0.1) is 13.7 Å². The molecule has 0 atom stereocenters. The molecule has 1 aromatic rings. The van der Waals surface area contributed by atoms with Gasteiger partial charge in [-0.25, -0.2) is 4.79 Å². The van der Waals surface area contributed by atoms with E-state index in [9.17, 15) is 4.79 Å². The van der Waals surface area contributed by atoms with Crippen LogP contribution >= 0.6 is 0 Å². The van der Waals surface area contributed by atoms with E-state index >= 15 is 0 Å². The molecular weight excluding hydrogens is 270 g/mol. The highest BCUT2D eigenvalue weighted by atomic mass is 16.5. The SMILES string of the molecule is COC(=O)c1oc(CN(C)CCN2CCNCC2)cc1C. The van der Waals surface area contributed by atoms with Crippen LogP contribution < -0.4 is 5.32 Å². The number of methoxy groups -OCH3 is 1. The average molecular weight is 295 g/mol. The number of hydrogen-bond donors (Lipinski definition) is 1. The zero-order chi connectivity index (χ0) is 15.2. The second kappa shape index (κ2) is 7.59. The topological polar surface area (TPSA) is 58.0 Å². The molecule has 6 heteroatoms. The van der Waals surface area contributed by atoms with Gasteiger partial charge in [0.15, 0.2) is 0 Å². The molecule has 1 saturated heterocycles. The molecular formula is C15H25N3O3. The molecule has 0 aliphatic carbocycles. The van der Waals surface area contributed by atoms with Gasteiger partial charge in [0, 0.05) is 44.8 Å². The lowest BCUT2D eigenvalue weighted by Gasteiger charge is -2.28. The predicted molar refractivity (Wildman–Crippen MR) is 80.4 cm³/mol. The normalized spacial score (nSPS) is 16.4. The fourth-order valence-corrected chi connectivity index (χ4v) is 2.51. The van der Waals surface area contributed by atoms with Crippen LogP contribution in [-0.2, 0) is 11.3 Å². The monoisotopic (exact) mass is 295 g/mol. The summed E-state index contributed by atoms with van der Waals surface area (Å²) in [7, 11) is 3.43. The highest BCUT2D eigenvalue weighted by molar-refractivity contribution is 5.87. The highest BCUT2D eigenvalue weighted by Gasteiger charge is 2.17. The Labute approximate surface area is 126 Å². The second-order valence-electron chi connectivity index (χ2n) is 5.55. The Hall–Kier alpha value is -1.37. The molecule has 0 unspecified atom stereocenters. The summed E-state index contributed by atoms with van der Waals surface area (Å²) in [5.41, 5.74) is 0.826. The minimum Gasteiger partial charge on any atom is -0.463 e. The van der Waals surface area contributed by atoms with Crippen molar-refractivity contribution >= 4 is 5.97 Å². The number of carbonyl (C=O) groups excluding carboxylic acids is 1. The summed E-state index contributed by atoms with van der Waals surface area (Å²) in [5, 5.41) is 3.35. The molecule has 118 valence electrons. The summed E-state index contributed by atoms with van der Waals surface area (Å²) in [6, 6.07) is 1.91. The zero-order valence-electron chi connectivity index (χ0n) is 13.1. The van der Waals surface area contributed by atoms with Crippen molar-refractivity contribution in [3.63, 3.8) is 0 Å². The molecule has 1 aromatic heterocycles. The van der Waals surface area contributed by atoms with E-state index in [2.05, 4.69) is 22.2 Å². The van der Waals surface area contributed by atoms with Gasteiger partial charge in [0.2, 0.25) is 5.76 Å². The van der Waals surface area contributed by atoms with E-state index in [0.717, 1.165) is 50.6 Å². The number of rotatable bonds is 6. The van der Waals surface area contributed by atoms with Crippen LogP contribution in [0.2, 0.25) is 0 Å². The molecule has 1 fully saturated rings. The van der Waals surface area contributed by atoms with Gasteiger partial charge in [-0.2, -0.15) is 0 Å². The van der Waals surface area contributed by atoms with E-state index in [1.165, 1.54) is 7.11 Å². The van der Waals surface area contributed by atoms with Crippen molar-refractivity contribution in [3.8, 4) is 0 Å². The number of piperazine rings is 1. The lowest BCUT2D eigenvalue weighted by atomic mass is 10.2. The number of aryl methyl sites for hydroxylation is 1. The van der Waals surface area contributed by atoms with Crippen LogP contribution in [0.15, 0.2) is 10.5 Å². The summed E-state index contributed by atoms with van der Waals surface area (Å²) in [4.78, 5) is 16.2. The van der Waals surface area contributed by atoms with Gasteiger partial charge in [0.1, 0.15) is 5.76 Å². The fraction of sp³-hybridized carbons (Fsp3) is 0.667. The summed E-state index contributed by atoms with van der Waals surface area (Å²) < 4.78 is 10.3. The van der Waals surface area contributed by atoms with Crippen LogP contribution in [-0.4, -0.2) is 69.2 Å². The summed E-state index contributed by atoms with van der Waals surface area (Å²) in [6.07, 6.45) is 0. The van der Waals surface area contributed by atoms with Crippen LogP contribution in [0, 0.1) is 6.92 Å². The van der Waals surface area contributed by atoms with Crippen molar-refractivity contribution in [2.45, 2.75) is 13.5 Å². The molecule has 0 bridgehead atoms. The molecule has 0 amide bonds. The molecule has 1 aliphatic heterocycles. The van der Waals surface area contributed by atoms with Crippen LogP contribution in [0.25, 0.3) is 0 Å². The fourth-order valence-electron chi connectivity index (χ4n) is 2.51. The molecule has 1 aliphatic rings. The summed E-state index contributed by atoms with van der Waals surface area (Å²) in [6.45, 7) is 8.96. The Morgan fingerprint density at radius 1 is 1.48 bits per heavy atom. The van der Waals surface area contributed by atoms with E-state index < -0.39 is 5.97 Å². The van der Waals surface area contributed by atoms with E-state index in [0.29, 0.717) is 12.3 Å². The lowest BCUT2D eigenvalue weighted by Crippen LogP contribution is -2.45. The number of likely N-dealkylation sites (N-methyl/N-ethyl adjacent to an activating group) is 1. The van der Waals surface area contributed by atoms with Crippen molar-refractivity contribution in [3.05, 3.63) is 23.2 Å². The van der Waals surface area contributed by atoms with Gasteiger partial charge in [0.25, 0.3) is 0 Å². The average Bonchev–Trinajstić information content (AvgIpc) is 2.86. The Morgan fingerprint density at radius 2 is 2.19 bits per heavy atom. The van der Waals surface area contributed by atoms with Crippen molar-refractivity contribution < 1.29 is 13.9 Å². The molecule has 2 rings (SSSR count). The standard InChI is InChI=1S/C15H25N3O3/c1-12-10-13(21-14(12)15(19)20-3)11-17(2)8-9-18-6-4-16-5-7-18/h10,16H,4-9,11H2,1-3H3. The van der Waals surface area contributed by atoms with Crippen molar-refractivity contribution in [1.29, 1.82) is 0 Å². The molecule has 0 saturated carbocycles. The number of esters is 1. The first-order valence-corrected chi connectivity index (χ1v) is 7.39. The lowest BCUT2D eigenvalue weighted by molar-refractivity contribution is 0.0560. The molecule has 2 heterocycles. The second-order valence-corrected chi connectivity index (χ2v) is 5.55. The number of furan rings is 1. The van der Waals surface area contributed by atoms with Gasteiger partial charge in [-0.15, -0.1) is 0 Å². The maximum Gasteiger partial charge on any atom is 0.374 e. The molecule has 0 radical (unpaired) electrons. The maximum absolute atomic E-state index is 11.5. The quantitative estimate of drug-likeness (QED) is 0.780. The molecule has 0 spiro atoms. The molecule has 6 nitrogen and oxygen atoms in total.